The lowest BCUT2D eigenvalue weighted by Crippen LogP contribution is -2.50. The Hall–Kier alpha value is -0.730. The Labute approximate surface area is 218 Å². The number of hydrazine groups is 1. The molecule has 8 atom stereocenters. The van der Waals surface area contributed by atoms with E-state index in [1.54, 1.807) is 24.3 Å². The zero-order valence-electron chi connectivity index (χ0n) is 16.4. The maximum Gasteiger partial charge on any atom is 0.254 e. The van der Waals surface area contributed by atoms with E-state index in [9.17, 15) is 14.4 Å². The lowest BCUT2D eigenvalue weighted by atomic mass is 9.65. The van der Waals surface area contributed by atoms with E-state index < -0.39 is 67.7 Å². The second-order valence-corrected chi connectivity index (χ2v) is 12.3. The number of halogens is 6. The molecule has 0 spiro atoms. The molecule has 3 aliphatic heterocycles. The standard InChI is InChI=1S/C21H14Cl6N2O4/c22-15-16(23)20(25)12-11(19(15,24)21(20,26)27)13-9-10(14(12)33-13)18(32)29(17(9)31)28-8(30)6-7-4-2-1-3-5-7/h1-5,9-14H,6H2,(H,28,30)/t9-,10+,11-,12+,13+,14-,19-,20-/m1/s1. The van der Waals surface area contributed by atoms with Crippen LogP contribution in [0.5, 0.6) is 0 Å². The molecule has 1 N–H and O–H groups in total. The molecule has 1 aromatic rings. The fourth-order valence-corrected chi connectivity index (χ4v) is 9.41. The molecule has 4 bridgehead atoms. The predicted octanol–water partition coefficient (Wildman–Crippen LogP) is 3.72. The van der Waals surface area contributed by atoms with Crippen molar-refractivity contribution in [2.75, 3.05) is 0 Å². The van der Waals surface area contributed by atoms with Gasteiger partial charge >= 0.3 is 0 Å². The molecule has 174 valence electrons. The van der Waals surface area contributed by atoms with E-state index in [0.717, 1.165) is 10.6 Å². The predicted molar refractivity (Wildman–Crippen MR) is 123 cm³/mol. The average Bonchev–Trinajstić information content (AvgIpc) is 3.47. The van der Waals surface area contributed by atoms with Crippen LogP contribution < -0.4 is 5.43 Å². The fraction of sp³-hybridized carbons (Fsp3) is 0.476. The van der Waals surface area contributed by atoms with Gasteiger partial charge in [0.15, 0.2) is 4.33 Å². The highest BCUT2D eigenvalue weighted by atomic mass is 35.5. The van der Waals surface area contributed by atoms with Gasteiger partial charge in [-0.15, -0.1) is 23.2 Å². The van der Waals surface area contributed by atoms with Gasteiger partial charge in [-0.25, -0.2) is 0 Å². The number of carbonyl (C=O) groups excluding carboxylic acids is 3. The van der Waals surface area contributed by atoms with Crippen LogP contribution >= 0.6 is 69.6 Å². The third kappa shape index (κ3) is 2.42. The Morgan fingerprint density at radius 2 is 1.39 bits per heavy atom. The molecule has 0 radical (unpaired) electrons. The Balaban J connectivity index is 1.31. The van der Waals surface area contributed by atoms with Gasteiger partial charge in [0.05, 0.1) is 40.5 Å². The number of nitrogens with zero attached hydrogens (tertiary/aromatic N) is 1. The van der Waals surface area contributed by atoms with Gasteiger partial charge in [-0.3, -0.25) is 19.8 Å². The van der Waals surface area contributed by atoms with E-state index >= 15 is 0 Å². The highest BCUT2D eigenvalue weighted by Gasteiger charge is 2.90. The lowest BCUT2D eigenvalue weighted by molar-refractivity contribution is -0.151. The van der Waals surface area contributed by atoms with Crippen LogP contribution in [0.2, 0.25) is 0 Å². The van der Waals surface area contributed by atoms with Crippen LogP contribution in [0.4, 0.5) is 0 Å². The summed E-state index contributed by atoms with van der Waals surface area (Å²) in [5, 5.41) is 0.813. The number of hydrogen-bond donors (Lipinski definition) is 1. The van der Waals surface area contributed by atoms with E-state index in [1.807, 2.05) is 6.07 Å². The summed E-state index contributed by atoms with van der Waals surface area (Å²) in [5.41, 5.74) is 3.18. The van der Waals surface area contributed by atoms with Gasteiger partial charge in [0.1, 0.15) is 9.75 Å². The van der Waals surface area contributed by atoms with Crippen molar-refractivity contribution in [3.8, 4) is 0 Å². The second-order valence-electron chi connectivity index (χ2n) is 9.00. The Bertz CT molecular complexity index is 1100. The molecule has 1 aromatic carbocycles. The molecule has 3 saturated heterocycles. The molecule has 6 nitrogen and oxygen atoms in total. The third-order valence-electron chi connectivity index (χ3n) is 7.62. The molecular weight excluding hydrogens is 557 g/mol. The molecule has 33 heavy (non-hydrogen) atoms. The molecule has 3 heterocycles. The highest BCUT2D eigenvalue weighted by molar-refractivity contribution is 6.65. The first-order valence-corrected chi connectivity index (χ1v) is 12.4. The molecule has 5 aliphatic rings. The number of fused-ring (bicyclic) bond motifs is 12. The minimum Gasteiger partial charge on any atom is -0.373 e. The van der Waals surface area contributed by atoms with Gasteiger partial charge in [0, 0.05) is 11.8 Å². The number of rotatable bonds is 3. The van der Waals surface area contributed by atoms with Gasteiger partial charge in [0.25, 0.3) is 11.8 Å². The number of carbonyl (C=O) groups is 3. The summed E-state index contributed by atoms with van der Waals surface area (Å²) in [6, 6.07) is 8.97. The summed E-state index contributed by atoms with van der Waals surface area (Å²) in [5.74, 6) is -4.69. The van der Waals surface area contributed by atoms with Crippen molar-refractivity contribution >= 4 is 87.3 Å². The number of benzene rings is 1. The minimum absolute atomic E-state index is 0.00751. The zero-order valence-corrected chi connectivity index (χ0v) is 20.9. The van der Waals surface area contributed by atoms with Gasteiger partial charge in [0.2, 0.25) is 5.91 Å². The van der Waals surface area contributed by atoms with Crippen LogP contribution in [-0.4, -0.2) is 49.0 Å². The summed E-state index contributed by atoms with van der Waals surface area (Å²) >= 11 is 40.1. The smallest absolute Gasteiger partial charge is 0.254 e. The number of hydrogen-bond acceptors (Lipinski definition) is 4. The average molecular weight is 571 g/mol. The van der Waals surface area contributed by atoms with Gasteiger partial charge in [-0.1, -0.05) is 76.7 Å². The van der Waals surface area contributed by atoms with E-state index in [4.69, 9.17) is 74.3 Å². The number of allylic oxidation sites excluding steroid dienone is 2. The Kier molecular flexibility index (Phi) is 4.77. The molecule has 0 aromatic heterocycles. The normalized spacial score (nSPS) is 44.0. The van der Waals surface area contributed by atoms with Crippen LogP contribution in [0, 0.1) is 23.7 Å². The molecule has 3 amide bonds. The molecule has 2 aliphatic carbocycles. The quantitative estimate of drug-likeness (QED) is 0.444. The maximum absolute atomic E-state index is 13.3. The number of nitrogens with one attached hydrogen (secondary N) is 1. The van der Waals surface area contributed by atoms with Gasteiger partial charge in [-0.05, 0) is 5.56 Å². The van der Waals surface area contributed by atoms with E-state index in [2.05, 4.69) is 5.43 Å². The molecule has 12 heteroatoms. The highest BCUT2D eigenvalue weighted by Crippen LogP contribution is 2.81. The van der Waals surface area contributed by atoms with Crippen LogP contribution in [-0.2, 0) is 25.5 Å². The minimum atomic E-state index is -1.78. The maximum atomic E-state index is 13.3. The number of alkyl halides is 4. The van der Waals surface area contributed by atoms with Crippen LogP contribution in [0.1, 0.15) is 5.56 Å². The van der Waals surface area contributed by atoms with Crippen LogP contribution in [0.25, 0.3) is 0 Å². The first kappa shape index (κ1) is 22.7. The van der Waals surface area contributed by atoms with E-state index in [1.165, 1.54) is 0 Å². The third-order valence-corrected chi connectivity index (χ3v) is 11.9. The van der Waals surface area contributed by atoms with Crippen molar-refractivity contribution in [2.45, 2.75) is 32.7 Å². The molecule has 4 fully saturated rings. The van der Waals surface area contributed by atoms with Gasteiger partial charge < -0.3 is 4.74 Å². The summed E-state index contributed by atoms with van der Waals surface area (Å²) in [7, 11) is 0. The summed E-state index contributed by atoms with van der Waals surface area (Å²) < 4.78 is 4.31. The molecule has 0 unspecified atom stereocenters. The van der Waals surface area contributed by atoms with Gasteiger partial charge in [-0.2, -0.15) is 5.01 Å². The van der Waals surface area contributed by atoms with Crippen molar-refractivity contribution in [1.82, 2.24) is 10.4 Å². The van der Waals surface area contributed by atoms with Crippen molar-refractivity contribution in [1.29, 1.82) is 0 Å². The number of ether oxygens (including phenoxy) is 1. The first-order chi connectivity index (χ1) is 15.5. The topological polar surface area (TPSA) is 75.7 Å². The summed E-state index contributed by atoms with van der Waals surface area (Å²) in [6.07, 6.45) is -1.62. The van der Waals surface area contributed by atoms with Crippen molar-refractivity contribution < 1.29 is 19.1 Å². The fourth-order valence-electron chi connectivity index (χ4n) is 6.35. The second kappa shape index (κ2) is 6.94. The van der Waals surface area contributed by atoms with Crippen LogP contribution in [0.3, 0.4) is 0 Å². The Morgan fingerprint density at radius 1 is 0.909 bits per heavy atom. The monoisotopic (exact) mass is 568 g/mol. The van der Waals surface area contributed by atoms with E-state index in [-0.39, 0.29) is 16.5 Å². The number of amides is 3. The van der Waals surface area contributed by atoms with Crippen LogP contribution in [0.15, 0.2) is 40.4 Å². The van der Waals surface area contributed by atoms with Crippen molar-refractivity contribution in [3.63, 3.8) is 0 Å². The molecule has 1 saturated carbocycles. The van der Waals surface area contributed by atoms with Crippen molar-refractivity contribution in [2.24, 2.45) is 23.7 Å². The van der Waals surface area contributed by atoms with E-state index in [0.29, 0.717) is 0 Å². The SMILES string of the molecule is O=C(Cc1ccccc1)NN1C(=O)[C@@H]2[C@H]3O[C@@H]([C@@H]2C1=O)[C@H]1[C@@H]3[C@@]2(Cl)C(Cl)=C(Cl)[C@@]1(Cl)C2(Cl)Cl. The Morgan fingerprint density at radius 3 is 1.88 bits per heavy atom. The molecule has 6 rings (SSSR count). The largest absolute Gasteiger partial charge is 0.373 e. The van der Waals surface area contributed by atoms with Crippen molar-refractivity contribution in [3.05, 3.63) is 46.0 Å². The lowest BCUT2D eigenvalue weighted by Gasteiger charge is -2.39. The summed E-state index contributed by atoms with van der Waals surface area (Å²) in [6.45, 7) is 0. The molecular formula is C21H14Cl6N2O4. The summed E-state index contributed by atoms with van der Waals surface area (Å²) in [4.78, 5) is 35.9. The zero-order chi connectivity index (χ0) is 23.7. The number of imide groups is 1. The first-order valence-electron chi connectivity index (χ1n) is 10.2.